The molecule has 0 saturated carbocycles. The van der Waals surface area contributed by atoms with Gasteiger partial charge in [0.2, 0.25) is 17.6 Å². The first-order chi connectivity index (χ1) is 13.2. The van der Waals surface area contributed by atoms with Crippen LogP contribution in [0, 0.1) is 0 Å². The first-order valence-corrected chi connectivity index (χ1v) is 8.68. The summed E-state index contributed by atoms with van der Waals surface area (Å²) in [6.45, 7) is 2.46. The number of aromatic nitrogens is 2. The third kappa shape index (κ3) is 4.84. The smallest absolute Gasteiger partial charge is 0.227 e. The number of ether oxygens (including phenoxy) is 2. The summed E-state index contributed by atoms with van der Waals surface area (Å²) in [5.41, 5.74) is 1.44. The van der Waals surface area contributed by atoms with Gasteiger partial charge in [-0.25, -0.2) is 0 Å². The van der Waals surface area contributed by atoms with Crippen molar-refractivity contribution in [1.82, 2.24) is 10.1 Å². The number of methoxy groups -OCH3 is 1. The second-order valence-electron chi connectivity index (χ2n) is 5.72. The highest BCUT2D eigenvalue weighted by atomic mass is 16.5. The first-order valence-electron chi connectivity index (χ1n) is 8.68. The van der Waals surface area contributed by atoms with E-state index in [1.807, 2.05) is 43.3 Å². The lowest BCUT2D eigenvalue weighted by atomic mass is 10.2. The number of hydrogen-bond acceptors (Lipinski definition) is 6. The van der Waals surface area contributed by atoms with Crippen LogP contribution < -0.4 is 14.8 Å². The molecule has 1 amide bonds. The van der Waals surface area contributed by atoms with Crippen LogP contribution in [0.25, 0.3) is 11.4 Å². The van der Waals surface area contributed by atoms with Crippen molar-refractivity contribution in [1.29, 1.82) is 0 Å². The monoisotopic (exact) mass is 367 g/mol. The van der Waals surface area contributed by atoms with E-state index in [-0.39, 0.29) is 12.3 Å². The molecule has 0 fully saturated rings. The summed E-state index contributed by atoms with van der Waals surface area (Å²) in [4.78, 5) is 16.5. The third-order valence-corrected chi connectivity index (χ3v) is 3.82. The van der Waals surface area contributed by atoms with Gasteiger partial charge in [0.1, 0.15) is 11.5 Å². The van der Waals surface area contributed by atoms with Gasteiger partial charge in [0.05, 0.1) is 19.3 Å². The Labute approximate surface area is 157 Å². The van der Waals surface area contributed by atoms with Gasteiger partial charge in [-0.2, -0.15) is 4.98 Å². The lowest BCUT2D eigenvalue weighted by Crippen LogP contribution is -2.12. The van der Waals surface area contributed by atoms with E-state index < -0.39 is 0 Å². The summed E-state index contributed by atoms with van der Waals surface area (Å²) in [6.07, 6.45) is 0.575. The molecule has 1 heterocycles. The molecule has 140 valence electrons. The number of benzene rings is 2. The lowest BCUT2D eigenvalue weighted by Gasteiger charge is -2.06. The van der Waals surface area contributed by atoms with Crippen molar-refractivity contribution >= 4 is 11.6 Å². The maximum atomic E-state index is 12.1. The fourth-order valence-corrected chi connectivity index (χ4v) is 2.54. The summed E-state index contributed by atoms with van der Waals surface area (Å²) >= 11 is 0. The maximum absolute atomic E-state index is 12.1. The average molecular weight is 367 g/mol. The molecular formula is C20H21N3O4. The molecule has 27 heavy (non-hydrogen) atoms. The molecular weight excluding hydrogens is 346 g/mol. The molecule has 7 heteroatoms. The SMILES string of the molecule is CCOc1ccccc1-c1noc(CCC(=O)Nc2cccc(OC)c2)n1. The third-order valence-electron chi connectivity index (χ3n) is 3.82. The van der Waals surface area contributed by atoms with Crippen molar-refractivity contribution in [3.63, 3.8) is 0 Å². The molecule has 0 unspecified atom stereocenters. The number of nitrogens with zero attached hydrogens (tertiary/aromatic N) is 2. The van der Waals surface area contributed by atoms with Gasteiger partial charge in [-0.05, 0) is 31.2 Å². The molecule has 2 aromatic carbocycles. The number of hydrogen-bond donors (Lipinski definition) is 1. The molecule has 1 N–H and O–H groups in total. The fourth-order valence-electron chi connectivity index (χ4n) is 2.54. The molecule has 0 aliphatic heterocycles. The Hall–Kier alpha value is -3.35. The number of rotatable bonds is 8. The summed E-state index contributed by atoms with van der Waals surface area (Å²) < 4.78 is 16.0. The van der Waals surface area contributed by atoms with Crippen LogP contribution in [0.5, 0.6) is 11.5 Å². The molecule has 0 aliphatic carbocycles. The largest absolute Gasteiger partial charge is 0.497 e. The van der Waals surface area contributed by atoms with E-state index in [1.54, 1.807) is 19.2 Å². The summed E-state index contributed by atoms with van der Waals surface area (Å²) in [7, 11) is 1.58. The maximum Gasteiger partial charge on any atom is 0.227 e. The van der Waals surface area contributed by atoms with E-state index in [2.05, 4.69) is 15.5 Å². The molecule has 1 aromatic heterocycles. The second kappa shape index (κ2) is 8.84. The van der Waals surface area contributed by atoms with E-state index in [9.17, 15) is 4.79 Å². The van der Waals surface area contributed by atoms with Gasteiger partial charge in [0.25, 0.3) is 0 Å². The average Bonchev–Trinajstić information content (AvgIpc) is 3.16. The minimum Gasteiger partial charge on any atom is -0.497 e. The van der Waals surface area contributed by atoms with Crippen LogP contribution in [-0.4, -0.2) is 29.8 Å². The molecule has 0 atom stereocenters. The highest BCUT2D eigenvalue weighted by molar-refractivity contribution is 5.90. The van der Waals surface area contributed by atoms with Gasteiger partial charge in [-0.3, -0.25) is 4.79 Å². The van der Waals surface area contributed by atoms with Gasteiger partial charge in [-0.1, -0.05) is 23.4 Å². The first kappa shape index (κ1) is 18.4. The van der Waals surface area contributed by atoms with Crippen molar-refractivity contribution < 1.29 is 18.8 Å². The zero-order valence-electron chi connectivity index (χ0n) is 15.3. The van der Waals surface area contributed by atoms with Crippen molar-refractivity contribution in [2.75, 3.05) is 19.0 Å². The van der Waals surface area contributed by atoms with Crippen molar-refractivity contribution in [3.05, 3.63) is 54.4 Å². The quantitative estimate of drug-likeness (QED) is 0.653. The molecule has 0 bridgehead atoms. The molecule has 3 rings (SSSR count). The molecule has 0 aliphatic rings. The summed E-state index contributed by atoms with van der Waals surface area (Å²) in [5.74, 6) is 2.09. The summed E-state index contributed by atoms with van der Waals surface area (Å²) in [5, 5.41) is 6.82. The number of para-hydroxylation sites is 1. The zero-order chi connectivity index (χ0) is 19.1. The van der Waals surface area contributed by atoms with Crippen molar-refractivity contribution in [3.8, 4) is 22.9 Å². The fraction of sp³-hybridized carbons (Fsp3) is 0.250. The Morgan fingerprint density at radius 3 is 2.85 bits per heavy atom. The highest BCUT2D eigenvalue weighted by Crippen LogP contribution is 2.27. The van der Waals surface area contributed by atoms with Crippen LogP contribution in [0.3, 0.4) is 0 Å². The zero-order valence-corrected chi connectivity index (χ0v) is 15.3. The van der Waals surface area contributed by atoms with Crippen molar-refractivity contribution in [2.45, 2.75) is 19.8 Å². The number of carbonyl (C=O) groups is 1. The highest BCUT2D eigenvalue weighted by Gasteiger charge is 2.14. The Kier molecular flexibility index (Phi) is 6.04. The minimum atomic E-state index is -0.141. The number of carbonyl (C=O) groups excluding carboxylic acids is 1. The van der Waals surface area contributed by atoms with Gasteiger partial charge in [-0.15, -0.1) is 0 Å². The molecule has 0 radical (unpaired) electrons. The Morgan fingerprint density at radius 1 is 1.19 bits per heavy atom. The lowest BCUT2D eigenvalue weighted by molar-refractivity contribution is -0.116. The van der Waals surface area contributed by atoms with Crippen LogP contribution in [0.4, 0.5) is 5.69 Å². The molecule has 7 nitrogen and oxygen atoms in total. The number of nitrogens with one attached hydrogen (secondary N) is 1. The van der Waals surface area contributed by atoms with E-state index >= 15 is 0 Å². The Morgan fingerprint density at radius 2 is 2.04 bits per heavy atom. The number of amides is 1. The van der Waals surface area contributed by atoms with Crippen LogP contribution in [0.2, 0.25) is 0 Å². The van der Waals surface area contributed by atoms with Gasteiger partial charge < -0.3 is 19.3 Å². The predicted octanol–water partition coefficient (Wildman–Crippen LogP) is 3.72. The van der Waals surface area contributed by atoms with Crippen LogP contribution in [0.1, 0.15) is 19.2 Å². The van der Waals surface area contributed by atoms with Crippen molar-refractivity contribution in [2.24, 2.45) is 0 Å². The van der Waals surface area contributed by atoms with Crippen LogP contribution >= 0.6 is 0 Å². The van der Waals surface area contributed by atoms with E-state index in [0.717, 1.165) is 5.56 Å². The second-order valence-corrected chi connectivity index (χ2v) is 5.72. The normalized spacial score (nSPS) is 10.4. The summed E-state index contributed by atoms with van der Waals surface area (Å²) in [6, 6.07) is 14.7. The number of anilines is 1. The van der Waals surface area contributed by atoms with Gasteiger partial charge in [0.15, 0.2) is 0 Å². The van der Waals surface area contributed by atoms with Gasteiger partial charge in [0, 0.05) is 24.6 Å². The number of aryl methyl sites for hydroxylation is 1. The minimum absolute atomic E-state index is 0.141. The topological polar surface area (TPSA) is 86.5 Å². The molecule has 3 aromatic rings. The van der Waals surface area contributed by atoms with Crippen LogP contribution in [-0.2, 0) is 11.2 Å². The van der Waals surface area contributed by atoms with E-state index in [1.165, 1.54) is 0 Å². The van der Waals surface area contributed by atoms with E-state index in [4.69, 9.17) is 14.0 Å². The van der Waals surface area contributed by atoms with Gasteiger partial charge >= 0.3 is 0 Å². The molecule has 0 spiro atoms. The van der Waals surface area contributed by atoms with Crippen LogP contribution in [0.15, 0.2) is 53.1 Å². The van der Waals surface area contributed by atoms with E-state index in [0.29, 0.717) is 41.9 Å². The molecule has 0 saturated heterocycles. The Bertz CT molecular complexity index is 908. The predicted molar refractivity (Wildman–Crippen MR) is 101 cm³/mol. The standard InChI is InChI=1S/C20H21N3O4/c1-3-26-17-10-5-4-9-16(17)20-22-19(27-23-20)12-11-18(24)21-14-7-6-8-15(13-14)25-2/h4-10,13H,3,11-12H2,1-2H3,(H,21,24). The Balaban J connectivity index is 1.60.